The van der Waals surface area contributed by atoms with Crippen molar-refractivity contribution >= 4 is 23.7 Å². The number of carbonyl (C=O) groups excluding carboxylic acids is 2. The summed E-state index contributed by atoms with van der Waals surface area (Å²) in [6.45, 7) is 0.486. The molecule has 24 heavy (non-hydrogen) atoms. The number of rotatable bonds is 8. The fourth-order valence-corrected chi connectivity index (χ4v) is 3.23. The van der Waals surface area contributed by atoms with Gasteiger partial charge in [-0.05, 0) is 37.1 Å². The molecule has 0 heterocycles. The molecule has 1 aromatic carbocycles. The minimum absolute atomic E-state index is 0.204. The second kappa shape index (κ2) is 10.2. The molecule has 0 bridgehead atoms. The van der Waals surface area contributed by atoms with E-state index in [4.69, 9.17) is 4.74 Å². The van der Waals surface area contributed by atoms with Gasteiger partial charge < -0.3 is 10.1 Å². The highest BCUT2D eigenvalue weighted by Gasteiger charge is 2.17. The van der Waals surface area contributed by atoms with E-state index < -0.39 is 6.03 Å². The number of ether oxygens (including phenoxy) is 1. The lowest BCUT2D eigenvalue weighted by molar-refractivity contribution is -0.119. The standard InChI is InChI=1S/C17H23FN2O3S/c18-13-5-7-15(8-6-13)23-10-12-24-11-9-16(21)20-17(22)19-14-3-1-2-4-14/h5-8,14H,1-4,9-12H2,(H2,19,20,21,22). The summed E-state index contributed by atoms with van der Waals surface area (Å²) in [5.41, 5.74) is 0. The SMILES string of the molecule is O=C(CCSCCOc1ccc(F)cc1)NC(=O)NC1CCCC1. The van der Waals surface area contributed by atoms with Crippen molar-refractivity contribution in [3.05, 3.63) is 30.1 Å². The molecule has 5 nitrogen and oxygen atoms in total. The third-order valence-corrected chi connectivity index (χ3v) is 4.67. The number of imide groups is 1. The molecule has 0 saturated heterocycles. The average molecular weight is 354 g/mol. The molecule has 0 atom stereocenters. The van der Waals surface area contributed by atoms with E-state index in [0.717, 1.165) is 31.4 Å². The van der Waals surface area contributed by atoms with Gasteiger partial charge in [-0.25, -0.2) is 9.18 Å². The summed E-state index contributed by atoms with van der Waals surface area (Å²) in [5.74, 6) is 1.41. The molecule has 1 aliphatic rings. The van der Waals surface area contributed by atoms with Gasteiger partial charge in [0.25, 0.3) is 0 Å². The van der Waals surface area contributed by atoms with Gasteiger partial charge >= 0.3 is 6.03 Å². The molecule has 1 aliphatic carbocycles. The van der Waals surface area contributed by atoms with Gasteiger partial charge in [0, 0.05) is 24.0 Å². The first-order chi connectivity index (χ1) is 11.6. The zero-order valence-electron chi connectivity index (χ0n) is 13.6. The highest BCUT2D eigenvalue weighted by molar-refractivity contribution is 7.99. The van der Waals surface area contributed by atoms with Crippen LogP contribution in [0.5, 0.6) is 5.75 Å². The Balaban J connectivity index is 1.48. The quantitative estimate of drug-likeness (QED) is 0.704. The van der Waals surface area contributed by atoms with E-state index in [2.05, 4.69) is 10.6 Å². The molecule has 0 radical (unpaired) electrons. The van der Waals surface area contributed by atoms with Crippen molar-refractivity contribution in [2.45, 2.75) is 38.1 Å². The summed E-state index contributed by atoms with van der Waals surface area (Å²) < 4.78 is 18.2. The van der Waals surface area contributed by atoms with Crippen LogP contribution in [-0.4, -0.2) is 36.1 Å². The number of halogens is 1. The van der Waals surface area contributed by atoms with E-state index >= 15 is 0 Å². The fraction of sp³-hybridized carbons (Fsp3) is 0.529. The Morgan fingerprint density at radius 1 is 1.17 bits per heavy atom. The predicted molar refractivity (Wildman–Crippen MR) is 92.8 cm³/mol. The molecule has 7 heteroatoms. The summed E-state index contributed by atoms with van der Waals surface area (Å²) in [6, 6.07) is 5.67. The second-order valence-corrected chi connectivity index (χ2v) is 6.89. The highest BCUT2D eigenvalue weighted by Crippen LogP contribution is 2.17. The highest BCUT2D eigenvalue weighted by atomic mass is 32.2. The second-order valence-electron chi connectivity index (χ2n) is 5.67. The van der Waals surface area contributed by atoms with E-state index in [0.29, 0.717) is 24.5 Å². The molecule has 2 N–H and O–H groups in total. The van der Waals surface area contributed by atoms with Crippen LogP contribution in [0.2, 0.25) is 0 Å². The molecule has 0 unspecified atom stereocenters. The van der Waals surface area contributed by atoms with Crippen LogP contribution in [0.25, 0.3) is 0 Å². The van der Waals surface area contributed by atoms with E-state index in [1.54, 1.807) is 23.9 Å². The Bertz CT molecular complexity index is 533. The molecule has 0 spiro atoms. The lowest BCUT2D eigenvalue weighted by Crippen LogP contribution is -2.43. The Hall–Kier alpha value is -1.76. The molecule has 3 amide bonds. The Morgan fingerprint density at radius 2 is 1.88 bits per heavy atom. The third kappa shape index (κ3) is 7.21. The van der Waals surface area contributed by atoms with Crippen molar-refractivity contribution < 1.29 is 18.7 Å². The number of urea groups is 1. The third-order valence-electron chi connectivity index (χ3n) is 3.73. The molecule has 132 valence electrons. The molecule has 1 fully saturated rings. The van der Waals surface area contributed by atoms with E-state index in [9.17, 15) is 14.0 Å². The summed E-state index contributed by atoms with van der Waals surface area (Å²) in [4.78, 5) is 23.3. The van der Waals surface area contributed by atoms with Crippen molar-refractivity contribution in [2.75, 3.05) is 18.1 Å². The number of hydrogen-bond acceptors (Lipinski definition) is 4. The summed E-state index contributed by atoms with van der Waals surface area (Å²) in [6.07, 6.45) is 4.54. The average Bonchev–Trinajstić information content (AvgIpc) is 3.05. The van der Waals surface area contributed by atoms with Crippen LogP contribution in [0.3, 0.4) is 0 Å². The minimum atomic E-state index is -0.392. The first-order valence-electron chi connectivity index (χ1n) is 8.20. The summed E-state index contributed by atoms with van der Waals surface area (Å²) in [5, 5.41) is 5.18. The molecule has 2 rings (SSSR count). The van der Waals surface area contributed by atoms with Crippen molar-refractivity contribution in [3.63, 3.8) is 0 Å². The van der Waals surface area contributed by atoms with Crippen molar-refractivity contribution in [1.82, 2.24) is 10.6 Å². The molecular weight excluding hydrogens is 331 g/mol. The van der Waals surface area contributed by atoms with Gasteiger partial charge in [0.1, 0.15) is 11.6 Å². The number of nitrogens with one attached hydrogen (secondary N) is 2. The number of hydrogen-bond donors (Lipinski definition) is 2. The van der Waals surface area contributed by atoms with Crippen LogP contribution < -0.4 is 15.4 Å². The first-order valence-corrected chi connectivity index (χ1v) is 9.35. The molecule has 1 aromatic rings. The van der Waals surface area contributed by atoms with E-state index in [-0.39, 0.29) is 17.8 Å². The number of carbonyl (C=O) groups is 2. The number of amides is 3. The van der Waals surface area contributed by atoms with Gasteiger partial charge in [-0.1, -0.05) is 12.8 Å². The normalized spacial score (nSPS) is 14.4. The van der Waals surface area contributed by atoms with E-state index in [1.165, 1.54) is 12.1 Å². The lowest BCUT2D eigenvalue weighted by atomic mass is 10.2. The van der Waals surface area contributed by atoms with Crippen LogP contribution in [-0.2, 0) is 4.79 Å². The molecule has 1 saturated carbocycles. The first kappa shape index (κ1) is 18.6. The van der Waals surface area contributed by atoms with Gasteiger partial charge in [-0.15, -0.1) is 0 Å². The van der Waals surface area contributed by atoms with Crippen LogP contribution in [0, 0.1) is 5.82 Å². The maximum absolute atomic E-state index is 12.7. The molecule has 0 aliphatic heterocycles. The van der Waals surface area contributed by atoms with Gasteiger partial charge in [0.15, 0.2) is 0 Å². The monoisotopic (exact) mass is 354 g/mol. The van der Waals surface area contributed by atoms with E-state index in [1.807, 2.05) is 0 Å². The molecule has 0 aromatic heterocycles. The van der Waals surface area contributed by atoms with Crippen LogP contribution in [0.15, 0.2) is 24.3 Å². The van der Waals surface area contributed by atoms with Crippen LogP contribution in [0.4, 0.5) is 9.18 Å². The van der Waals surface area contributed by atoms with Gasteiger partial charge in [0.2, 0.25) is 5.91 Å². The fourth-order valence-electron chi connectivity index (χ4n) is 2.50. The van der Waals surface area contributed by atoms with Crippen LogP contribution >= 0.6 is 11.8 Å². The van der Waals surface area contributed by atoms with Crippen molar-refractivity contribution in [2.24, 2.45) is 0 Å². The Kier molecular flexibility index (Phi) is 7.88. The minimum Gasteiger partial charge on any atom is -0.493 e. The maximum atomic E-state index is 12.7. The zero-order chi connectivity index (χ0) is 17.2. The van der Waals surface area contributed by atoms with Crippen LogP contribution in [0.1, 0.15) is 32.1 Å². The van der Waals surface area contributed by atoms with Crippen molar-refractivity contribution in [3.8, 4) is 5.75 Å². The smallest absolute Gasteiger partial charge is 0.321 e. The van der Waals surface area contributed by atoms with Crippen molar-refractivity contribution in [1.29, 1.82) is 0 Å². The Morgan fingerprint density at radius 3 is 2.58 bits per heavy atom. The lowest BCUT2D eigenvalue weighted by Gasteiger charge is -2.12. The zero-order valence-corrected chi connectivity index (χ0v) is 14.4. The topological polar surface area (TPSA) is 67.4 Å². The maximum Gasteiger partial charge on any atom is 0.321 e. The van der Waals surface area contributed by atoms with Gasteiger partial charge in [-0.2, -0.15) is 11.8 Å². The van der Waals surface area contributed by atoms with Gasteiger partial charge in [-0.3, -0.25) is 10.1 Å². The predicted octanol–water partition coefficient (Wildman–Crippen LogP) is 3.10. The Labute approximate surface area is 145 Å². The number of benzene rings is 1. The van der Waals surface area contributed by atoms with Gasteiger partial charge in [0.05, 0.1) is 6.61 Å². The number of thioether (sulfide) groups is 1. The summed E-state index contributed by atoms with van der Waals surface area (Å²) >= 11 is 1.57. The molecular formula is C17H23FN2O3S. The summed E-state index contributed by atoms with van der Waals surface area (Å²) in [7, 11) is 0. The largest absolute Gasteiger partial charge is 0.493 e.